The summed E-state index contributed by atoms with van der Waals surface area (Å²) in [5.74, 6) is -0.351. The molecule has 3 N–H and O–H groups in total. The molecular weight excluding hydrogens is 544 g/mol. The van der Waals surface area contributed by atoms with Crippen LogP contribution in [0.5, 0.6) is 0 Å². The maximum Gasteiger partial charge on any atom is 0.326 e. The van der Waals surface area contributed by atoms with Gasteiger partial charge in [0.2, 0.25) is 5.91 Å². The first-order valence-electron chi connectivity index (χ1n) is 15.1. The first-order chi connectivity index (χ1) is 19.7. The lowest BCUT2D eigenvalue weighted by molar-refractivity contribution is -0.143. The lowest BCUT2D eigenvalue weighted by atomic mass is 10.1. The number of amides is 1. The second kappa shape index (κ2) is 14.5. The van der Waals surface area contributed by atoms with Gasteiger partial charge in [0.15, 0.2) is 0 Å². The summed E-state index contributed by atoms with van der Waals surface area (Å²) in [7, 11) is 0. The highest BCUT2D eigenvalue weighted by Crippen LogP contribution is 2.45. The van der Waals surface area contributed by atoms with Crippen molar-refractivity contribution in [1.29, 1.82) is 0 Å². The van der Waals surface area contributed by atoms with Gasteiger partial charge in [-0.2, -0.15) is 5.10 Å². The molecule has 1 amide bonds. The highest BCUT2D eigenvalue weighted by Gasteiger charge is 2.54. The third-order valence-electron chi connectivity index (χ3n) is 7.94. The molecule has 1 saturated carbocycles. The first-order valence-corrected chi connectivity index (χ1v) is 15.4. The molecule has 1 unspecified atom stereocenters. The van der Waals surface area contributed by atoms with E-state index in [0.29, 0.717) is 50.5 Å². The Morgan fingerprint density at radius 2 is 2.02 bits per heavy atom. The van der Waals surface area contributed by atoms with Crippen molar-refractivity contribution < 1.29 is 19.4 Å². The number of carbonyl (C=O) groups is 2. The Labute approximate surface area is 248 Å². The molecule has 0 bridgehead atoms. The second-order valence-corrected chi connectivity index (χ2v) is 11.9. The minimum absolute atomic E-state index is 0.128. The molecule has 0 radical (unpaired) electrons. The molecule has 2 aromatic rings. The number of pyridine rings is 1. The summed E-state index contributed by atoms with van der Waals surface area (Å²) in [6.45, 7) is 9.59. The summed E-state index contributed by atoms with van der Waals surface area (Å²) >= 11 is 6.37. The van der Waals surface area contributed by atoms with E-state index in [9.17, 15) is 14.7 Å². The van der Waals surface area contributed by atoms with E-state index in [0.717, 1.165) is 62.4 Å². The van der Waals surface area contributed by atoms with Crippen LogP contribution in [0.4, 0.5) is 5.82 Å². The molecule has 4 rings (SSSR count). The Kier molecular flexibility index (Phi) is 11.0. The normalized spacial score (nSPS) is 16.3. The third-order valence-corrected chi connectivity index (χ3v) is 8.20. The van der Waals surface area contributed by atoms with Crippen molar-refractivity contribution in [3.8, 4) is 0 Å². The van der Waals surface area contributed by atoms with Crippen molar-refractivity contribution >= 4 is 29.3 Å². The topological polar surface area (TPSA) is 122 Å². The number of nitrogens with one attached hydrogen (secondary N) is 2. The van der Waals surface area contributed by atoms with Crippen LogP contribution < -0.4 is 10.6 Å². The van der Waals surface area contributed by atoms with Crippen LogP contribution in [-0.2, 0) is 39.1 Å². The van der Waals surface area contributed by atoms with E-state index in [1.165, 1.54) is 5.56 Å². The number of carboxylic acids is 1. The molecule has 10 nitrogen and oxygen atoms in total. The van der Waals surface area contributed by atoms with E-state index in [1.807, 2.05) is 20.8 Å². The number of carbonyl (C=O) groups excluding carboxylic acids is 1. The van der Waals surface area contributed by atoms with E-state index in [4.69, 9.17) is 21.3 Å². The highest BCUT2D eigenvalue weighted by molar-refractivity contribution is 6.29. The molecule has 0 saturated heterocycles. The van der Waals surface area contributed by atoms with Crippen molar-refractivity contribution in [2.24, 2.45) is 0 Å². The standard InChI is InChI=1S/C30H45ClN6O4/c1-4-23-20-26(31)37(35-23)30(13-14-30)29(40)34-25(28(38)39)12-17-36(18-19-41-21(2)3)16-6-5-9-24-11-10-22-8-7-15-32-27(22)33-24/h10-11,20-21,25H,4-9,12-19H2,1-3H3,(H,32,33)(H,34,40)(H,38,39). The molecule has 3 heterocycles. The maximum atomic E-state index is 13.3. The average Bonchev–Trinajstić information content (AvgIpc) is 3.67. The number of aromatic nitrogens is 3. The van der Waals surface area contributed by atoms with Gasteiger partial charge in [-0.15, -0.1) is 0 Å². The second-order valence-electron chi connectivity index (χ2n) is 11.5. The summed E-state index contributed by atoms with van der Waals surface area (Å²) in [5.41, 5.74) is 2.30. The number of nitrogens with zero attached hydrogens (tertiary/aromatic N) is 4. The lowest BCUT2D eigenvalue weighted by Crippen LogP contribution is -2.49. The monoisotopic (exact) mass is 588 g/mol. The zero-order valence-electron chi connectivity index (χ0n) is 24.6. The number of hydrogen-bond donors (Lipinski definition) is 3. The summed E-state index contributed by atoms with van der Waals surface area (Å²) in [6.07, 6.45) is 7.38. The third kappa shape index (κ3) is 8.42. The zero-order valence-corrected chi connectivity index (χ0v) is 25.4. The number of rotatable bonds is 17. The Morgan fingerprint density at radius 1 is 1.22 bits per heavy atom. The number of carboxylic acid groups (broad SMARTS) is 1. The van der Waals surface area contributed by atoms with E-state index in [2.05, 4.69) is 32.8 Å². The number of aliphatic carboxylic acids is 1. The number of hydrogen-bond acceptors (Lipinski definition) is 7. The molecule has 1 atom stereocenters. The van der Waals surface area contributed by atoms with Crippen LogP contribution in [0, 0.1) is 0 Å². The molecule has 226 valence electrons. The molecule has 41 heavy (non-hydrogen) atoms. The predicted octanol–water partition coefficient (Wildman–Crippen LogP) is 4.05. The summed E-state index contributed by atoms with van der Waals surface area (Å²) in [4.78, 5) is 32.5. The number of aryl methyl sites for hydroxylation is 3. The Balaban J connectivity index is 1.30. The van der Waals surface area contributed by atoms with Crippen LogP contribution in [0.2, 0.25) is 5.15 Å². The molecule has 11 heteroatoms. The van der Waals surface area contributed by atoms with Crippen molar-refractivity contribution in [1.82, 2.24) is 25.0 Å². The smallest absolute Gasteiger partial charge is 0.326 e. The van der Waals surface area contributed by atoms with Gasteiger partial charge in [-0.25, -0.2) is 14.5 Å². The van der Waals surface area contributed by atoms with Crippen LogP contribution in [0.3, 0.4) is 0 Å². The minimum Gasteiger partial charge on any atom is -0.480 e. The van der Waals surface area contributed by atoms with Crippen LogP contribution in [-0.4, -0.2) is 81.6 Å². The van der Waals surface area contributed by atoms with E-state index < -0.39 is 17.6 Å². The lowest BCUT2D eigenvalue weighted by Gasteiger charge is -2.26. The number of fused-ring (bicyclic) bond motifs is 1. The molecule has 1 aliphatic carbocycles. The van der Waals surface area contributed by atoms with Crippen molar-refractivity contribution in [2.45, 2.75) is 96.2 Å². The molecule has 2 aliphatic rings. The van der Waals surface area contributed by atoms with E-state index in [1.54, 1.807) is 10.7 Å². The number of halogens is 1. The summed E-state index contributed by atoms with van der Waals surface area (Å²) < 4.78 is 7.34. The van der Waals surface area contributed by atoms with E-state index in [-0.39, 0.29) is 12.0 Å². The fourth-order valence-corrected chi connectivity index (χ4v) is 5.62. The first kappa shape index (κ1) is 31.3. The van der Waals surface area contributed by atoms with Crippen LogP contribution >= 0.6 is 11.6 Å². The van der Waals surface area contributed by atoms with Crippen molar-refractivity contribution in [2.75, 3.05) is 38.1 Å². The van der Waals surface area contributed by atoms with Gasteiger partial charge in [-0.05, 0) is 95.9 Å². The summed E-state index contributed by atoms with van der Waals surface area (Å²) in [5, 5.41) is 21.0. The largest absolute Gasteiger partial charge is 0.480 e. The number of unbranched alkanes of at least 4 members (excludes halogenated alkanes) is 1. The van der Waals surface area contributed by atoms with Gasteiger partial charge >= 0.3 is 5.97 Å². The van der Waals surface area contributed by atoms with Gasteiger partial charge < -0.3 is 25.4 Å². The molecule has 1 aliphatic heterocycles. The van der Waals surface area contributed by atoms with Crippen molar-refractivity contribution in [3.05, 3.63) is 40.3 Å². The van der Waals surface area contributed by atoms with Crippen molar-refractivity contribution in [3.63, 3.8) is 0 Å². The predicted molar refractivity (Wildman–Crippen MR) is 160 cm³/mol. The Hall–Kier alpha value is -2.69. The zero-order chi connectivity index (χ0) is 29.4. The van der Waals surface area contributed by atoms with Gasteiger partial charge in [0.25, 0.3) is 0 Å². The fourth-order valence-electron chi connectivity index (χ4n) is 5.29. The summed E-state index contributed by atoms with van der Waals surface area (Å²) in [6, 6.07) is 5.08. The van der Waals surface area contributed by atoms with E-state index >= 15 is 0 Å². The quantitative estimate of drug-likeness (QED) is 0.237. The van der Waals surface area contributed by atoms with Gasteiger partial charge in [0.1, 0.15) is 22.6 Å². The molecule has 1 fully saturated rings. The fraction of sp³-hybridized carbons (Fsp3) is 0.667. The molecule has 0 spiro atoms. The minimum atomic E-state index is -1.04. The molecular formula is C30H45ClN6O4. The van der Waals surface area contributed by atoms with Crippen LogP contribution in [0.15, 0.2) is 18.2 Å². The van der Waals surface area contributed by atoms with Crippen LogP contribution in [0.1, 0.15) is 76.2 Å². The highest BCUT2D eigenvalue weighted by atomic mass is 35.5. The number of ether oxygens (including phenoxy) is 1. The number of anilines is 1. The Morgan fingerprint density at radius 3 is 2.71 bits per heavy atom. The van der Waals surface area contributed by atoms with Gasteiger partial charge in [-0.1, -0.05) is 24.6 Å². The van der Waals surface area contributed by atoms with Gasteiger partial charge in [0.05, 0.1) is 18.4 Å². The Bertz CT molecular complexity index is 1180. The molecule has 0 aromatic carbocycles. The maximum absolute atomic E-state index is 13.3. The average molecular weight is 589 g/mol. The van der Waals surface area contributed by atoms with Gasteiger partial charge in [0, 0.05) is 25.3 Å². The molecule has 2 aromatic heterocycles. The van der Waals surface area contributed by atoms with Gasteiger partial charge in [-0.3, -0.25) is 4.79 Å². The van der Waals surface area contributed by atoms with Crippen LogP contribution in [0.25, 0.3) is 0 Å². The SMILES string of the molecule is CCc1cc(Cl)n(C2(C(=O)NC(CCN(CCCCc3ccc4c(n3)NCCC4)CCOC(C)C)C(=O)O)CC2)n1.